The van der Waals surface area contributed by atoms with Gasteiger partial charge in [0, 0.05) is 16.2 Å². The second-order valence-corrected chi connectivity index (χ2v) is 11.0. The van der Waals surface area contributed by atoms with Gasteiger partial charge in [-0.15, -0.1) is 0 Å². The third-order valence-electron chi connectivity index (χ3n) is 6.71. The molecule has 0 saturated carbocycles. The fourth-order valence-corrected chi connectivity index (χ4v) is 5.38. The highest BCUT2D eigenvalue weighted by Gasteiger charge is 2.52. The summed E-state index contributed by atoms with van der Waals surface area (Å²) in [5.74, 6) is 0.813. The van der Waals surface area contributed by atoms with Crippen molar-refractivity contribution in [1.29, 1.82) is 0 Å². The first-order chi connectivity index (χ1) is 15.2. The molecule has 164 valence electrons. The molecule has 1 saturated heterocycles. The number of hydrogen-bond donors (Lipinski definition) is 0. The summed E-state index contributed by atoms with van der Waals surface area (Å²) in [5, 5.41) is 2.45. The molecular weight excluding hydrogens is 531 g/mol. The third-order valence-corrected chi connectivity index (χ3v) is 7.65. The molecule has 1 aliphatic rings. The minimum absolute atomic E-state index is 0.267. The van der Waals surface area contributed by atoms with Crippen molar-refractivity contribution in [3.8, 4) is 11.4 Å². The van der Waals surface area contributed by atoms with E-state index in [4.69, 9.17) is 13.8 Å². The van der Waals surface area contributed by atoms with Crippen LogP contribution in [0, 0.1) is 6.92 Å². The predicted octanol–water partition coefficient (Wildman–Crippen LogP) is 6.71. The number of hydrogen-bond acceptors (Lipinski definition) is 3. The van der Waals surface area contributed by atoms with E-state index in [1.54, 1.807) is 0 Å². The van der Waals surface area contributed by atoms with Crippen LogP contribution in [-0.2, 0) is 9.31 Å². The van der Waals surface area contributed by atoms with Crippen molar-refractivity contribution < 1.29 is 13.8 Å². The van der Waals surface area contributed by atoms with Crippen LogP contribution in [0.4, 0.5) is 0 Å². The molecule has 1 aromatic heterocycles. The molecule has 0 radical (unpaired) electrons. The summed E-state index contributed by atoms with van der Waals surface area (Å²) in [6, 6.07) is 21.4. The standard InChI is InChI=1S/C25H26BINO3P/c1-16-14-19(26-30-24(2,3)25(4,5)31-26)23(29-32-27)22(15-16)28-20-12-8-6-10-17(20)18-11-7-9-13-21(18)28/h6-15,32H,1-5H3. The number of para-hydroxylation sites is 2. The molecule has 0 N–H and O–H groups in total. The first kappa shape index (κ1) is 22.2. The minimum Gasteiger partial charge on any atom is -0.465 e. The van der Waals surface area contributed by atoms with Gasteiger partial charge >= 0.3 is 7.12 Å². The number of nitrogens with zero attached hydrogens (tertiary/aromatic N) is 1. The Labute approximate surface area is 204 Å². The van der Waals surface area contributed by atoms with E-state index in [9.17, 15) is 0 Å². The Morgan fingerprint density at radius 3 is 1.94 bits per heavy atom. The molecule has 0 spiro atoms. The van der Waals surface area contributed by atoms with E-state index in [1.807, 2.05) is 0 Å². The monoisotopic (exact) mass is 557 g/mol. The molecule has 32 heavy (non-hydrogen) atoms. The van der Waals surface area contributed by atoms with Crippen molar-refractivity contribution in [2.75, 3.05) is 0 Å². The van der Waals surface area contributed by atoms with Gasteiger partial charge in [0.1, 0.15) is 12.2 Å². The van der Waals surface area contributed by atoms with Crippen molar-refractivity contribution >= 4 is 62.9 Å². The van der Waals surface area contributed by atoms with Crippen LogP contribution >= 0.6 is 28.5 Å². The fraction of sp³-hybridized carbons (Fsp3) is 0.280. The molecule has 7 heteroatoms. The summed E-state index contributed by atoms with van der Waals surface area (Å²) in [6.07, 6.45) is 0. The third kappa shape index (κ3) is 3.47. The van der Waals surface area contributed by atoms with E-state index in [2.05, 4.69) is 122 Å². The highest BCUT2D eigenvalue weighted by molar-refractivity contribution is 14.2. The van der Waals surface area contributed by atoms with Gasteiger partial charge in [-0.2, -0.15) is 0 Å². The Morgan fingerprint density at radius 1 is 0.875 bits per heavy atom. The van der Waals surface area contributed by atoms with E-state index in [-0.39, 0.29) is 6.45 Å². The smallest absolute Gasteiger partial charge is 0.465 e. The molecule has 2 heterocycles. The number of rotatable bonds is 4. The molecule has 0 amide bonds. The highest BCUT2D eigenvalue weighted by Crippen LogP contribution is 2.41. The quantitative estimate of drug-likeness (QED) is 0.159. The fourth-order valence-electron chi connectivity index (χ4n) is 4.42. The lowest BCUT2D eigenvalue weighted by atomic mass is 9.77. The number of fused-ring (bicyclic) bond motifs is 3. The normalized spacial score (nSPS) is 17.8. The summed E-state index contributed by atoms with van der Waals surface area (Å²) >= 11 is 2.28. The SMILES string of the molecule is Cc1cc(B2OC(C)(C)C(C)(C)O2)c(OPI)c(-n2c3ccccc3c3ccccc32)c1. The molecule has 1 fully saturated rings. The van der Waals surface area contributed by atoms with E-state index in [0.717, 1.165) is 33.5 Å². The number of aromatic nitrogens is 1. The molecule has 0 aliphatic carbocycles. The minimum atomic E-state index is -0.491. The van der Waals surface area contributed by atoms with Crippen LogP contribution in [0.3, 0.4) is 0 Å². The van der Waals surface area contributed by atoms with Crippen molar-refractivity contribution in [3.63, 3.8) is 0 Å². The zero-order valence-corrected chi connectivity index (χ0v) is 22.1. The van der Waals surface area contributed by atoms with E-state index in [0.29, 0.717) is 0 Å². The van der Waals surface area contributed by atoms with Crippen molar-refractivity contribution in [3.05, 3.63) is 66.2 Å². The van der Waals surface area contributed by atoms with Crippen molar-refractivity contribution in [1.82, 2.24) is 4.57 Å². The van der Waals surface area contributed by atoms with Gasteiger partial charge in [-0.05, 0) is 80.4 Å². The summed E-state index contributed by atoms with van der Waals surface area (Å²) in [5.41, 5.74) is 4.55. The maximum Gasteiger partial charge on any atom is 0.498 e. The summed E-state index contributed by atoms with van der Waals surface area (Å²) in [7, 11) is -0.491. The van der Waals surface area contributed by atoms with Gasteiger partial charge in [-0.1, -0.05) is 42.5 Å². The predicted molar refractivity (Wildman–Crippen MR) is 144 cm³/mol. The first-order valence-corrected chi connectivity index (χ1v) is 14.8. The Hall–Kier alpha value is -1.60. The Balaban J connectivity index is 1.80. The van der Waals surface area contributed by atoms with Crippen LogP contribution in [0.25, 0.3) is 27.5 Å². The molecule has 1 unspecified atom stereocenters. The lowest BCUT2D eigenvalue weighted by Crippen LogP contribution is -2.41. The zero-order valence-electron chi connectivity index (χ0n) is 18.9. The molecular formula is C25H26BINO3P. The van der Waals surface area contributed by atoms with Crippen LogP contribution in [0.1, 0.15) is 33.3 Å². The molecule has 1 aliphatic heterocycles. The Kier molecular flexibility index (Phi) is 5.56. The van der Waals surface area contributed by atoms with E-state index < -0.39 is 18.3 Å². The lowest BCUT2D eigenvalue weighted by molar-refractivity contribution is 0.00578. The van der Waals surface area contributed by atoms with Gasteiger partial charge in [-0.25, -0.2) is 0 Å². The topological polar surface area (TPSA) is 32.6 Å². The largest absolute Gasteiger partial charge is 0.498 e. The second-order valence-electron chi connectivity index (χ2n) is 9.34. The van der Waals surface area contributed by atoms with Crippen LogP contribution in [-0.4, -0.2) is 22.9 Å². The summed E-state index contributed by atoms with van der Waals surface area (Å²) in [6.45, 7) is 10.7. The van der Waals surface area contributed by atoms with Crippen LogP contribution < -0.4 is 9.99 Å². The van der Waals surface area contributed by atoms with Crippen LogP contribution in [0.2, 0.25) is 0 Å². The van der Waals surface area contributed by atoms with E-state index in [1.165, 1.54) is 10.8 Å². The van der Waals surface area contributed by atoms with Gasteiger partial charge in [0.2, 0.25) is 0 Å². The Morgan fingerprint density at radius 2 is 1.41 bits per heavy atom. The average molecular weight is 557 g/mol. The zero-order chi connectivity index (χ0) is 22.7. The van der Waals surface area contributed by atoms with Gasteiger partial charge in [0.05, 0.1) is 27.9 Å². The lowest BCUT2D eigenvalue weighted by Gasteiger charge is -2.32. The van der Waals surface area contributed by atoms with Gasteiger partial charge < -0.3 is 18.4 Å². The first-order valence-electron chi connectivity index (χ1n) is 10.7. The van der Waals surface area contributed by atoms with Crippen LogP contribution in [0.5, 0.6) is 5.75 Å². The summed E-state index contributed by atoms with van der Waals surface area (Å²) in [4.78, 5) is 0. The average Bonchev–Trinajstić information content (AvgIpc) is 3.19. The van der Waals surface area contributed by atoms with Crippen LogP contribution in [0.15, 0.2) is 60.7 Å². The molecule has 4 aromatic rings. The van der Waals surface area contributed by atoms with Gasteiger partial charge in [-0.3, -0.25) is 0 Å². The van der Waals surface area contributed by atoms with Crippen molar-refractivity contribution in [2.24, 2.45) is 0 Å². The maximum atomic E-state index is 6.43. The molecule has 0 bridgehead atoms. The summed E-state index contributed by atoms with van der Waals surface area (Å²) < 4.78 is 21.5. The molecule has 3 aromatic carbocycles. The molecule has 4 nitrogen and oxygen atoms in total. The van der Waals surface area contributed by atoms with Crippen molar-refractivity contribution in [2.45, 2.75) is 45.8 Å². The number of benzene rings is 3. The molecule has 5 rings (SSSR count). The van der Waals surface area contributed by atoms with Gasteiger partial charge in [0.15, 0.2) is 0 Å². The number of halogens is 1. The molecule has 1 atom stereocenters. The number of aryl methyl sites for hydroxylation is 1. The second kappa shape index (κ2) is 8.02. The van der Waals surface area contributed by atoms with Gasteiger partial charge in [0.25, 0.3) is 0 Å². The Bertz CT molecular complexity index is 1260. The highest BCUT2D eigenvalue weighted by atomic mass is 127. The maximum absolute atomic E-state index is 6.43. The van der Waals surface area contributed by atoms with E-state index >= 15 is 0 Å².